The van der Waals surface area contributed by atoms with E-state index < -0.39 is 0 Å². The Morgan fingerprint density at radius 1 is 1.37 bits per heavy atom. The fourth-order valence-corrected chi connectivity index (χ4v) is 2.49. The molecule has 0 atom stereocenters. The third-order valence-electron chi connectivity index (χ3n) is 3.10. The molecule has 4 nitrogen and oxygen atoms in total. The Labute approximate surface area is 120 Å². The maximum Gasteiger partial charge on any atom is 0.165 e. The van der Waals surface area contributed by atoms with Crippen molar-refractivity contribution in [3.63, 3.8) is 0 Å². The maximum absolute atomic E-state index is 6.02. The van der Waals surface area contributed by atoms with Crippen LogP contribution in [0.3, 0.4) is 0 Å². The molecule has 0 unspecified atom stereocenters. The van der Waals surface area contributed by atoms with E-state index in [9.17, 15) is 0 Å². The normalized spacial score (nSPS) is 15.9. The number of aromatic nitrogens is 2. The van der Waals surface area contributed by atoms with Gasteiger partial charge in [-0.25, -0.2) is 9.97 Å². The Hall–Kier alpha value is -1.62. The molecular weight excluding hydrogens is 306 g/mol. The fraction of sp³-hybridized carbons (Fsp3) is 0.286. The highest BCUT2D eigenvalue weighted by Crippen LogP contribution is 2.41. The van der Waals surface area contributed by atoms with E-state index in [1.54, 1.807) is 6.20 Å². The molecule has 1 aliphatic heterocycles. The van der Waals surface area contributed by atoms with Crippen molar-refractivity contribution < 1.29 is 4.74 Å². The van der Waals surface area contributed by atoms with E-state index in [0.29, 0.717) is 16.1 Å². The highest BCUT2D eigenvalue weighted by atomic mass is 79.9. The van der Waals surface area contributed by atoms with Gasteiger partial charge in [-0.3, -0.25) is 0 Å². The van der Waals surface area contributed by atoms with Crippen LogP contribution in [0.4, 0.5) is 5.82 Å². The third-order valence-corrected chi connectivity index (χ3v) is 3.71. The molecule has 0 radical (unpaired) electrons. The molecule has 98 valence electrons. The van der Waals surface area contributed by atoms with Crippen molar-refractivity contribution in [1.29, 1.82) is 0 Å². The molecule has 2 N–H and O–H groups in total. The molecule has 1 aromatic heterocycles. The molecule has 1 aromatic carbocycles. The van der Waals surface area contributed by atoms with Crippen molar-refractivity contribution in [3.05, 3.63) is 34.4 Å². The molecule has 0 bridgehead atoms. The summed E-state index contributed by atoms with van der Waals surface area (Å²) in [5.41, 5.74) is 7.72. The van der Waals surface area contributed by atoms with Crippen LogP contribution in [0.2, 0.25) is 0 Å². The number of benzene rings is 1. The summed E-state index contributed by atoms with van der Waals surface area (Å²) in [6.45, 7) is 4.15. The summed E-state index contributed by atoms with van der Waals surface area (Å²) in [6.07, 6.45) is 2.55. The summed E-state index contributed by atoms with van der Waals surface area (Å²) in [4.78, 5) is 8.62. The molecule has 1 aliphatic rings. The Morgan fingerprint density at radius 3 is 2.89 bits per heavy atom. The standard InChI is InChI=1S/C14H14BrN3O/c1-14(2)6-8-4-3-5-9(11(8)19-14)13-17-7-10(15)12(16)18-13/h3-5,7H,6H2,1-2H3,(H2,16,17,18). The summed E-state index contributed by atoms with van der Waals surface area (Å²) >= 11 is 3.30. The van der Waals surface area contributed by atoms with Crippen LogP contribution < -0.4 is 10.5 Å². The van der Waals surface area contributed by atoms with Gasteiger partial charge in [-0.1, -0.05) is 12.1 Å². The summed E-state index contributed by atoms with van der Waals surface area (Å²) in [7, 11) is 0. The average molecular weight is 320 g/mol. The number of para-hydroxylation sites is 1. The molecular formula is C14H14BrN3O. The minimum atomic E-state index is -0.181. The molecule has 19 heavy (non-hydrogen) atoms. The Bertz CT molecular complexity index is 655. The van der Waals surface area contributed by atoms with E-state index in [1.165, 1.54) is 5.56 Å². The van der Waals surface area contributed by atoms with Gasteiger partial charge in [-0.15, -0.1) is 0 Å². The number of hydrogen-bond acceptors (Lipinski definition) is 4. The van der Waals surface area contributed by atoms with Crippen LogP contribution in [-0.2, 0) is 6.42 Å². The van der Waals surface area contributed by atoms with E-state index >= 15 is 0 Å². The van der Waals surface area contributed by atoms with Crippen LogP contribution in [0.15, 0.2) is 28.9 Å². The Balaban J connectivity index is 2.13. The number of ether oxygens (including phenoxy) is 1. The minimum Gasteiger partial charge on any atom is -0.486 e. The van der Waals surface area contributed by atoms with Gasteiger partial charge in [0.2, 0.25) is 0 Å². The summed E-state index contributed by atoms with van der Waals surface area (Å²) < 4.78 is 6.72. The van der Waals surface area contributed by atoms with Crippen molar-refractivity contribution in [1.82, 2.24) is 9.97 Å². The zero-order valence-electron chi connectivity index (χ0n) is 10.8. The number of fused-ring (bicyclic) bond motifs is 1. The third kappa shape index (κ3) is 2.18. The van der Waals surface area contributed by atoms with Crippen molar-refractivity contribution in [2.75, 3.05) is 5.73 Å². The topological polar surface area (TPSA) is 61.0 Å². The van der Waals surface area contributed by atoms with E-state index in [1.807, 2.05) is 12.1 Å². The molecule has 0 saturated heterocycles. The minimum absolute atomic E-state index is 0.181. The van der Waals surface area contributed by atoms with Crippen molar-refractivity contribution >= 4 is 21.7 Å². The smallest absolute Gasteiger partial charge is 0.165 e. The van der Waals surface area contributed by atoms with Gasteiger partial charge in [0.05, 0.1) is 10.0 Å². The van der Waals surface area contributed by atoms with E-state index in [-0.39, 0.29) is 5.60 Å². The largest absolute Gasteiger partial charge is 0.486 e. The molecule has 0 amide bonds. The lowest BCUT2D eigenvalue weighted by Gasteiger charge is -2.18. The van der Waals surface area contributed by atoms with Crippen LogP contribution in [0.1, 0.15) is 19.4 Å². The maximum atomic E-state index is 6.02. The molecule has 2 heterocycles. The lowest BCUT2D eigenvalue weighted by Crippen LogP contribution is -2.24. The fourth-order valence-electron chi connectivity index (χ4n) is 2.30. The van der Waals surface area contributed by atoms with E-state index in [2.05, 4.69) is 45.8 Å². The molecule has 3 rings (SSSR count). The summed E-state index contributed by atoms with van der Waals surface area (Å²) in [5.74, 6) is 1.89. The Morgan fingerprint density at radius 2 is 2.16 bits per heavy atom. The van der Waals surface area contributed by atoms with Gasteiger partial charge >= 0.3 is 0 Å². The number of halogens is 1. The lowest BCUT2D eigenvalue weighted by molar-refractivity contribution is 0.139. The van der Waals surface area contributed by atoms with Gasteiger partial charge in [0, 0.05) is 12.6 Å². The molecule has 0 aliphatic carbocycles. The Kier molecular flexibility index (Phi) is 2.74. The molecule has 2 aromatic rings. The highest BCUT2D eigenvalue weighted by molar-refractivity contribution is 9.10. The molecule has 0 fully saturated rings. The second kappa shape index (κ2) is 4.20. The zero-order chi connectivity index (χ0) is 13.6. The first-order valence-corrected chi connectivity index (χ1v) is 6.85. The number of anilines is 1. The predicted molar refractivity (Wildman–Crippen MR) is 78.0 cm³/mol. The van der Waals surface area contributed by atoms with Crippen molar-refractivity contribution in [2.24, 2.45) is 0 Å². The molecule has 5 heteroatoms. The number of rotatable bonds is 1. The highest BCUT2D eigenvalue weighted by Gasteiger charge is 2.32. The second-order valence-corrected chi connectivity index (χ2v) is 6.11. The number of hydrogen-bond donors (Lipinski definition) is 1. The summed E-state index contributed by atoms with van der Waals surface area (Å²) in [6, 6.07) is 6.04. The van der Waals surface area contributed by atoms with Crippen LogP contribution in [0, 0.1) is 0 Å². The zero-order valence-corrected chi connectivity index (χ0v) is 12.4. The van der Waals surface area contributed by atoms with E-state index in [0.717, 1.165) is 17.7 Å². The first kappa shape index (κ1) is 12.4. The van der Waals surface area contributed by atoms with Gasteiger partial charge in [-0.2, -0.15) is 0 Å². The van der Waals surface area contributed by atoms with Crippen LogP contribution >= 0.6 is 15.9 Å². The number of nitrogen functional groups attached to an aromatic ring is 1. The number of nitrogens with two attached hydrogens (primary N) is 1. The van der Waals surface area contributed by atoms with Crippen molar-refractivity contribution in [3.8, 4) is 17.1 Å². The van der Waals surface area contributed by atoms with Crippen molar-refractivity contribution in [2.45, 2.75) is 25.9 Å². The van der Waals surface area contributed by atoms with Gasteiger partial charge in [-0.05, 0) is 41.4 Å². The van der Waals surface area contributed by atoms with Gasteiger partial charge in [0.25, 0.3) is 0 Å². The second-order valence-electron chi connectivity index (χ2n) is 5.26. The average Bonchev–Trinajstić information content (AvgIpc) is 2.66. The van der Waals surface area contributed by atoms with Gasteiger partial charge in [0.15, 0.2) is 5.82 Å². The first-order valence-electron chi connectivity index (χ1n) is 6.05. The summed E-state index contributed by atoms with van der Waals surface area (Å²) in [5, 5.41) is 0. The van der Waals surface area contributed by atoms with Gasteiger partial charge in [0.1, 0.15) is 17.2 Å². The molecule has 0 spiro atoms. The van der Waals surface area contributed by atoms with E-state index in [4.69, 9.17) is 10.5 Å². The SMILES string of the molecule is CC1(C)Cc2cccc(-c3ncc(Br)c(N)n3)c2O1. The van der Waals surface area contributed by atoms with Gasteiger partial charge < -0.3 is 10.5 Å². The number of nitrogens with zero attached hydrogens (tertiary/aromatic N) is 2. The lowest BCUT2D eigenvalue weighted by atomic mass is 10.0. The van der Waals surface area contributed by atoms with Crippen LogP contribution in [0.25, 0.3) is 11.4 Å². The van der Waals surface area contributed by atoms with Crippen LogP contribution in [-0.4, -0.2) is 15.6 Å². The molecule has 0 saturated carbocycles. The predicted octanol–water partition coefficient (Wildman–Crippen LogP) is 3.20. The van der Waals surface area contributed by atoms with Crippen LogP contribution in [0.5, 0.6) is 5.75 Å². The quantitative estimate of drug-likeness (QED) is 0.876. The monoisotopic (exact) mass is 319 g/mol. The first-order chi connectivity index (χ1) is 8.96.